The van der Waals surface area contributed by atoms with Crippen molar-refractivity contribution >= 4 is 44.2 Å². The van der Waals surface area contributed by atoms with Crippen LogP contribution < -0.4 is 4.90 Å². The second-order valence-electron chi connectivity index (χ2n) is 7.73. The predicted molar refractivity (Wildman–Crippen MR) is 124 cm³/mol. The molecule has 1 aromatic heterocycles. The van der Waals surface area contributed by atoms with Crippen molar-refractivity contribution in [3.63, 3.8) is 0 Å². The van der Waals surface area contributed by atoms with Gasteiger partial charge in [0, 0.05) is 31.2 Å². The van der Waals surface area contributed by atoms with Crippen molar-refractivity contribution in [2.75, 3.05) is 44.3 Å². The van der Waals surface area contributed by atoms with Gasteiger partial charge in [-0.1, -0.05) is 52.8 Å². The normalized spacial score (nSPS) is 14.9. The van der Waals surface area contributed by atoms with Gasteiger partial charge < -0.3 is 4.74 Å². The number of hydrogen-bond donors (Lipinski definition) is 0. The van der Waals surface area contributed by atoms with Gasteiger partial charge in [-0.05, 0) is 37.1 Å². The van der Waals surface area contributed by atoms with E-state index in [-0.39, 0.29) is 5.91 Å². The minimum Gasteiger partial charge on any atom is -0.379 e. The molecule has 30 heavy (non-hydrogen) atoms. The number of hydrogen-bond acceptors (Lipinski definition) is 5. The van der Waals surface area contributed by atoms with Crippen molar-refractivity contribution in [2.45, 2.75) is 20.3 Å². The summed E-state index contributed by atoms with van der Waals surface area (Å²) in [6.07, 6.45) is 0.362. The summed E-state index contributed by atoms with van der Waals surface area (Å²) < 4.78 is 6.46. The summed E-state index contributed by atoms with van der Waals surface area (Å²) in [4.78, 5) is 22.4. The Morgan fingerprint density at radius 1 is 1.23 bits per heavy atom. The standard InChI is InChI=1S/C23H26ClN3O2S/c1-16-4-3-5-18(12-16)14-21(28)27(7-6-26-8-10-29-11-9-26)23-25-22-17(2)13-19(24)15-20(22)30-23/h3-5,12-13,15H,6-11,14H2,1-2H3. The Morgan fingerprint density at radius 2 is 2.03 bits per heavy atom. The maximum atomic E-state index is 13.3. The zero-order valence-electron chi connectivity index (χ0n) is 17.4. The first-order chi connectivity index (χ1) is 14.5. The lowest BCUT2D eigenvalue weighted by atomic mass is 10.1. The Labute approximate surface area is 186 Å². The minimum atomic E-state index is 0.0664. The van der Waals surface area contributed by atoms with E-state index in [4.69, 9.17) is 21.3 Å². The molecule has 158 valence electrons. The van der Waals surface area contributed by atoms with Crippen molar-refractivity contribution in [3.05, 3.63) is 58.1 Å². The third kappa shape index (κ3) is 5.01. The molecule has 1 aliphatic heterocycles. The second-order valence-corrected chi connectivity index (χ2v) is 9.18. The number of rotatable bonds is 6. The summed E-state index contributed by atoms with van der Waals surface area (Å²) in [7, 11) is 0. The fraction of sp³-hybridized carbons (Fsp3) is 0.391. The number of fused-ring (bicyclic) bond motifs is 1. The summed E-state index contributed by atoms with van der Waals surface area (Å²) in [6, 6.07) is 12.0. The molecule has 1 aliphatic rings. The number of ether oxygens (including phenoxy) is 1. The third-order valence-corrected chi connectivity index (χ3v) is 6.60. The fourth-order valence-corrected chi connectivity index (χ4v) is 5.21. The fourth-order valence-electron chi connectivity index (χ4n) is 3.74. The molecule has 3 aromatic rings. The molecule has 0 radical (unpaired) electrons. The first-order valence-corrected chi connectivity index (χ1v) is 11.4. The van der Waals surface area contributed by atoms with E-state index in [0.29, 0.717) is 18.0 Å². The molecule has 1 saturated heterocycles. The maximum Gasteiger partial charge on any atom is 0.233 e. The van der Waals surface area contributed by atoms with Crippen LogP contribution in [0.2, 0.25) is 5.02 Å². The molecule has 0 bridgehead atoms. The molecule has 0 atom stereocenters. The molecule has 1 fully saturated rings. The zero-order chi connectivity index (χ0) is 21.1. The molecule has 0 aliphatic carbocycles. The van der Waals surface area contributed by atoms with E-state index in [9.17, 15) is 4.79 Å². The number of nitrogens with zero attached hydrogens (tertiary/aromatic N) is 3. The van der Waals surface area contributed by atoms with Crippen LogP contribution in [0.4, 0.5) is 5.13 Å². The monoisotopic (exact) mass is 443 g/mol. The van der Waals surface area contributed by atoms with Gasteiger partial charge in [0.25, 0.3) is 0 Å². The van der Waals surface area contributed by atoms with Gasteiger partial charge in [-0.25, -0.2) is 4.98 Å². The highest BCUT2D eigenvalue weighted by atomic mass is 35.5. The van der Waals surface area contributed by atoms with Crippen LogP contribution in [0, 0.1) is 13.8 Å². The number of amides is 1. The van der Waals surface area contributed by atoms with Crippen LogP contribution in [0.1, 0.15) is 16.7 Å². The highest BCUT2D eigenvalue weighted by Gasteiger charge is 2.22. The summed E-state index contributed by atoms with van der Waals surface area (Å²) >= 11 is 7.77. The number of aryl methyl sites for hydroxylation is 2. The number of benzene rings is 2. The molecule has 0 spiro atoms. The van der Waals surface area contributed by atoms with E-state index in [1.807, 2.05) is 49.1 Å². The van der Waals surface area contributed by atoms with E-state index in [1.54, 1.807) is 0 Å². The van der Waals surface area contributed by atoms with E-state index in [1.165, 1.54) is 11.3 Å². The van der Waals surface area contributed by atoms with E-state index in [2.05, 4.69) is 11.0 Å². The third-order valence-electron chi connectivity index (χ3n) is 5.35. The van der Waals surface area contributed by atoms with Crippen molar-refractivity contribution in [1.82, 2.24) is 9.88 Å². The van der Waals surface area contributed by atoms with Crippen molar-refractivity contribution in [3.8, 4) is 0 Å². The molecule has 0 N–H and O–H groups in total. The van der Waals surface area contributed by atoms with Crippen LogP contribution in [0.5, 0.6) is 0 Å². The van der Waals surface area contributed by atoms with Gasteiger partial charge in [-0.2, -0.15) is 0 Å². The highest BCUT2D eigenvalue weighted by Crippen LogP contribution is 2.33. The maximum absolute atomic E-state index is 13.3. The van der Waals surface area contributed by atoms with Crippen LogP contribution >= 0.6 is 22.9 Å². The molecular weight excluding hydrogens is 418 g/mol. The van der Waals surface area contributed by atoms with E-state index in [0.717, 1.165) is 64.9 Å². The average molecular weight is 444 g/mol. The number of aromatic nitrogens is 1. The van der Waals surface area contributed by atoms with Gasteiger partial charge in [0.2, 0.25) is 5.91 Å². The number of halogens is 1. The summed E-state index contributed by atoms with van der Waals surface area (Å²) in [5.74, 6) is 0.0664. The van der Waals surface area contributed by atoms with Crippen LogP contribution in [0.15, 0.2) is 36.4 Å². The van der Waals surface area contributed by atoms with Gasteiger partial charge in [0.05, 0.1) is 29.9 Å². The lowest BCUT2D eigenvalue weighted by Gasteiger charge is -2.29. The molecule has 1 amide bonds. The number of carbonyl (C=O) groups is 1. The molecule has 0 saturated carbocycles. The largest absolute Gasteiger partial charge is 0.379 e. The Kier molecular flexibility index (Phi) is 6.68. The first kappa shape index (κ1) is 21.2. The van der Waals surface area contributed by atoms with Gasteiger partial charge >= 0.3 is 0 Å². The van der Waals surface area contributed by atoms with Gasteiger partial charge in [-0.15, -0.1) is 0 Å². The van der Waals surface area contributed by atoms with Crippen molar-refractivity contribution < 1.29 is 9.53 Å². The number of thiazole rings is 1. The molecule has 0 unspecified atom stereocenters. The van der Waals surface area contributed by atoms with Crippen LogP contribution in [0.25, 0.3) is 10.2 Å². The zero-order valence-corrected chi connectivity index (χ0v) is 18.9. The number of anilines is 1. The van der Waals surface area contributed by atoms with Gasteiger partial charge in [-0.3, -0.25) is 14.6 Å². The molecule has 7 heteroatoms. The average Bonchev–Trinajstić information content (AvgIpc) is 3.13. The Bertz CT molecular complexity index is 1050. The topological polar surface area (TPSA) is 45.7 Å². The first-order valence-electron chi connectivity index (χ1n) is 10.2. The highest BCUT2D eigenvalue weighted by molar-refractivity contribution is 7.22. The molecular formula is C23H26ClN3O2S. The van der Waals surface area contributed by atoms with Crippen molar-refractivity contribution in [1.29, 1.82) is 0 Å². The lowest BCUT2D eigenvalue weighted by Crippen LogP contribution is -2.43. The second kappa shape index (κ2) is 9.43. The Hall–Kier alpha value is -1.99. The van der Waals surface area contributed by atoms with E-state index >= 15 is 0 Å². The lowest BCUT2D eigenvalue weighted by molar-refractivity contribution is -0.118. The molecule has 5 nitrogen and oxygen atoms in total. The Morgan fingerprint density at radius 3 is 2.80 bits per heavy atom. The molecule has 2 aromatic carbocycles. The van der Waals surface area contributed by atoms with Crippen molar-refractivity contribution in [2.24, 2.45) is 0 Å². The van der Waals surface area contributed by atoms with Crippen LogP contribution in [-0.4, -0.2) is 55.2 Å². The summed E-state index contributed by atoms with van der Waals surface area (Å²) in [5.41, 5.74) is 4.13. The van der Waals surface area contributed by atoms with Gasteiger partial charge in [0.15, 0.2) is 5.13 Å². The van der Waals surface area contributed by atoms with Gasteiger partial charge in [0.1, 0.15) is 0 Å². The van der Waals surface area contributed by atoms with Crippen LogP contribution in [-0.2, 0) is 16.0 Å². The predicted octanol–water partition coefficient (Wildman–Crippen LogP) is 4.47. The summed E-state index contributed by atoms with van der Waals surface area (Å²) in [6.45, 7) is 8.75. The summed E-state index contributed by atoms with van der Waals surface area (Å²) in [5, 5.41) is 1.43. The minimum absolute atomic E-state index is 0.0664. The molecule has 4 rings (SSSR count). The number of carbonyl (C=O) groups excluding carboxylic acids is 1. The Balaban J connectivity index is 1.60. The van der Waals surface area contributed by atoms with Crippen LogP contribution in [0.3, 0.4) is 0 Å². The molecule has 2 heterocycles. The number of morpholine rings is 1. The quantitative estimate of drug-likeness (QED) is 0.563. The van der Waals surface area contributed by atoms with E-state index < -0.39 is 0 Å². The SMILES string of the molecule is Cc1cccc(CC(=O)N(CCN2CCOCC2)c2nc3c(C)cc(Cl)cc3s2)c1. The smallest absolute Gasteiger partial charge is 0.233 e.